The van der Waals surface area contributed by atoms with Crippen LogP contribution in [0.1, 0.15) is 18.7 Å². The van der Waals surface area contributed by atoms with Crippen LogP contribution in [0.4, 0.5) is 0 Å². The van der Waals surface area contributed by atoms with E-state index in [1.165, 1.54) is 0 Å². The van der Waals surface area contributed by atoms with Crippen molar-refractivity contribution < 1.29 is 8.42 Å². The third kappa shape index (κ3) is 3.40. The third-order valence-corrected chi connectivity index (χ3v) is 5.14. The summed E-state index contributed by atoms with van der Waals surface area (Å²) in [5, 5.41) is 0. The van der Waals surface area contributed by atoms with Gasteiger partial charge in [-0.3, -0.25) is 4.98 Å². The Hall–Kier alpha value is -1.24. The van der Waals surface area contributed by atoms with Gasteiger partial charge in [0.15, 0.2) is 0 Å². The van der Waals surface area contributed by atoms with Gasteiger partial charge in [0.25, 0.3) is 0 Å². The quantitative estimate of drug-likeness (QED) is 0.930. The normalized spacial score (nSPS) is 13.2. The van der Waals surface area contributed by atoms with Gasteiger partial charge in [-0.2, -0.15) is 0 Å². The number of sulfonamides is 1. The van der Waals surface area contributed by atoms with E-state index in [9.17, 15) is 8.42 Å². The average Bonchev–Trinajstić information content (AvgIpc) is 2.39. The second-order valence-corrected chi connectivity index (χ2v) is 6.56. The van der Waals surface area contributed by atoms with Gasteiger partial charge in [-0.05, 0) is 47.1 Å². The molecule has 1 heterocycles. The van der Waals surface area contributed by atoms with E-state index in [-0.39, 0.29) is 4.90 Å². The molecule has 0 saturated heterocycles. The van der Waals surface area contributed by atoms with Gasteiger partial charge in [0.2, 0.25) is 10.0 Å². The van der Waals surface area contributed by atoms with Crippen molar-refractivity contribution >= 4 is 26.0 Å². The third-order valence-electron chi connectivity index (χ3n) is 2.59. The molecule has 1 aromatic carbocycles. The first-order chi connectivity index (χ1) is 9.00. The Bertz CT molecular complexity index is 659. The second kappa shape index (κ2) is 5.81. The molecule has 1 atom stereocenters. The van der Waals surface area contributed by atoms with Crippen molar-refractivity contribution in [3.05, 3.63) is 58.8 Å². The lowest BCUT2D eigenvalue weighted by Gasteiger charge is -2.14. The molecule has 0 spiro atoms. The number of nitrogens with zero attached hydrogens (tertiary/aromatic N) is 1. The summed E-state index contributed by atoms with van der Waals surface area (Å²) in [5.74, 6) is 0. The van der Waals surface area contributed by atoms with Crippen LogP contribution in [0.2, 0.25) is 0 Å². The Kier molecular flexibility index (Phi) is 4.34. The molecule has 0 aliphatic heterocycles. The number of rotatable bonds is 4. The maximum Gasteiger partial charge on any atom is 0.242 e. The second-order valence-electron chi connectivity index (χ2n) is 4.03. The molecule has 19 heavy (non-hydrogen) atoms. The number of hydrogen-bond donors (Lipinski definition) is 1. The van der Waals surface area contributed by atoms with Crippen molar-refractivity contribution in [1.82, 2.24) is 9.71 Å². The van der Waals surface area contributed by atoms with Crippen molar-refractivity contribution in [2.75, 3.05) is 0 Å². The van der Waals surface area contributed by atoms with Crippen LogP contribution in [0.25, 0.3) is 0 Å². The first-order valence-electron chi connectivity index (χ1n) is 5.68. The van der Waals surface area contributed by atoms with Gasteiger partial charge < -0.3 is 0 Å². The number of aromatic nitrogens is 1. The monoisotopic (exact) mass is 340 g/mol. The lowest BCUT2D eigenvalue weighted by atomic mass is 10.2. The van der Waals surface area contributed by atoms with Gasteiger partial charge in [0, 0.05) is 10.7 Å². The van der Waals surface area contributed by atoms with Crippen molar-refractivity contribution in [3.8, 4) is 0 Å². The molecule has 2 aromatic rings. The summed E-state index contributed by atoms with van der Waals surface area (Å²) in [5.41, 5.74) is 0.679. The summed E-state index contributed by atoms with van der Waals surface area (Å²) < 4.78 is 27.7. The molecule has 4 nitrogen and oxygen atoms in total. The number of pyridine rings is 1. The molecule has 100 valence electrons. The molecule has 1 unspecified atom stereocenters. The van der Waals surface area contributed by atoms with Gasteiger partial charge in [0.05, 0.1) is 16.6 Å². The van der Waals surface area contributed by atoms with Crippen molar-refractivity contribution in [3.63, 3.8) is 0 Å². The molecule has 0 bridgehead atoms. The van der Waals surface area contributed by atoms with Crippen LogP contribution in [0.5, 0.6) is 0 Å². The molecule has 0 saturated carbocycles. The highest BCUT2D eigenvalue weighted by atomic mass is 79.9. The van der Waals surface area contributed by atoms with Gasteiger partial charge >= 0.3 is 0 Å². The summed E-state index contributed by atoms with van der Waals surface area (Å²) in [6.45, 7) is 1.76. The molecule has 1 aromatic heterocycles. The maximum absolute atomic E-state index is 12.3. The fourth-order valence-corrected chi connectivity index (χ4v) is 3.87. The molecule has 0 radical (unpaired) electrons. The Morgan fingerprint density at radius 3 is 2.47 bits per heavy atom. The first kappa shape index (κ1) is 14.2. The van der Waals surface area contributed by atoms with Crippen LogP contribution < -0.4 is 4.72 Å². The van der Waals surface area contributed by atoms with E-state index >= 15 is 0 Å². The smallest absolute Gasteiger partial charge is 0.242 e. The lowest BCUT2D eigenvalue weighted by Crippen LogP contribution is -2.27. The van der Waals surface area contributed by atoms with Gasteiger partial charge in [-0.1, -0.05) is 18.2 Å². The van der Waals surface area contributed by atoms with E-state index in [4.69, 9.17) is 0 Å². The van der Waals surface area contributed by atoms with Crippen molar-refractivity contribution in [2.24, 2.45) is 0 Å². The Morgan fingerprint density at radius 1 is 1.16 bits per heavy atom. The van der Waals surface area contributed by atoms with E-state index < -0.39 is 16.1 Å². The van der Waals surface area contributed by atoms with Crippen LogP contribution in [0.15, 0.2) is 58.0 Å². The summed E-state index contributed by atoms with van der Waals surface area (Å²) >= 11 is 3.24. The van der Waals surface area contributed by atoms with Crippen LogP contribution in [0.3, 0.4) is 0 Å². The first-order valence-corrected chi connectivity index (χ1v) is 7.96. The molecular weight excluding hydrogens is 328 g/mol. The highest BCUT2D eigenvalue weighted by molar-refractivity contribution is 9.10. The zero-order valence-corrected chi connectivity index (χ0v) is 12.6. The molecule has 0 aliphatic rings. The zero-order valence-electron chi connectivity index (χ0n) is 10.2. The fourth-order valence-electron chi connectivity index (χ4n) is 1.65. The van der Waals surface area contributed by atoms with E-state index in [0.717, 1.165) is 0 Å². The number of benzene rings is 1. The van der Waals surface area contributed by atoms with Crippen LogP contribution in [-0.2, 0) is 10.0 Å². The van der Waals surface area contributed by atoms with Crippen LogP contribution >= 0.6 is 15.9 Å². The largest absolute Gasteiger partial charge is 0.260 e. The minimum absolute atomic E-state index is 0.220. The molecular formula is C13H13BrN2O2S. The molecule has 0 fully saturated rings. The Balaban J connectivity index is 2.26. The van der Waals surface area contributed by atoms with Gasteiger partial charge in [-0.15, -0.1) is 0 Å². The topological polar surface area (TPSA) is 59.1 Å². The maximum atomic E-state index is 12.3. The Labute approximate surface area is 121 Å². The Morgan fingerprint density at radius 2 is 1.84 bits per heavy atom. The summed E-state index contributed by atoms with van der Waals surface area (Å²) in [7, 11) is -3.58. The van der Waals surface area contributed by atoms with Crippen LogP contribution in [-0.4, -0.2) is 13.4 Å². The summed E-state index contributed by atoms with van der Waals surface area (Å²) in [6, 6.07) is 11.7. The molecule has 0 aliphatic carbocycles. The van der Waals surface area contributed by atoms with Gasteiger partial charge in [-0.25, -0.2) is 13.1 Å². The molecule has 1 N–H and O–H groups in total. The lowest BCUT2D eigenvalue weighted by molar-refractivity contribution is 0.563. The van der Waals surface area contributed by atoms with E-state index in [2.05, 4.69) is 25.6 Å². The predicted octanol–water partition coefficient (Wildman–Crippen LogP) is 2.88. The summed E-state index contributed by atoms with van der Waals surface area (Å²) in [6.07, 6.45) is 1.64. The minimum atomic E-state index is -3.58. The SMILES string of the molecule is CC(NS(=O)(=O)c1ccccc1Br)c1ccccn1. The van der Waals surface area contributed by atoms with E-state index in [1.54, 1.807) is 49.5 Å². The average molecular weight is 341 g/mol. The number of hydrogen-bond acceptors (Lipinski definition) is 3. The minimum Gasteiger partial charge on any atom is -0.260 e. The van der Waals surface area contributed by atoms with Crippen LogP contribution in [0, 0.1) is 0 Å². The molecule has 6 heteroatoms. The standard InChI is InChI=1S/C13H13BrN2O2S/c1-10(12-7-4-5-9-15-12)16-19(17,18)13-8-3-2-6-11(13)14/h2-10,16H,1H3. The number of halogens is 1. The van der Waals surface area contributed by atoms with Crippen molar-refractivity contribution in [2.45, 2.75) is 17.9 Å². The molecule has 2 rings (SSSR count). The van der Waals surface area contributed by atoms with Crippen molar-refractivity contribution in [1.29, 1.82) is 0 Å². The highest BCUT2D eigenvalue weighted by Crippen LogP contribution is 2.22. The highest BCUT2D eigenvalue weighted by Gasteiger charge is 2.20. The summed E-state index contributed by atoms with van der Waals surface area (Å²) in [4.78, 5) is 4.36. The zero-order chi connectivity index (χ0) is 13.9. The van der Waals surface area contributed by atoms with E-state index in [0.29, 0.717) is 10.2 Å². The van der Waals surface area contributed by atoms with E-state index in [1.807, 2.05) is 6.07 Å². The molecule has 0 amide bonds. The van der Waals surface area contributed by atoms with Gasteiger partial charge in [0.1, 0.15) is 0 Å². The predicted molar refractivity (Wildman–Crippen MR) is 77.1 cm³/mol. The fraction of sp³-hybridized carbons (Fsp3) is 0.154. The number of nitrogens with one attached hydrogen (secondary N) is 1.